The topological polar surface area (TPSA) is 53.3 Å². The maximum absolute atomic E-state index is 10.2. The Bertz CT molecular complexity index is 388. The van der Waals surface area contributed by atoms with Crippen molar-refractivity contribution in [3.63, 3.8) is 0 Å². The van der Waals surface area contributed by atoms with Crippen molar-refractivity contribution < 1.29 is 14.3 Å². The molecule has 0 radical (unpaired) electrons. The van der Waals surface area contributed by atoms with E-state index in [-0.39, 0.29) is 0 Å². The van der Waals surface area contributed by atoms with Crippen molar-refractivity contribution in [3.8, 4) is 0 Å². The van der Waals surface area contributed by atoms with E-state index in [1.165, 1.54) is 0 Å². The number of halogens is 1. The summed E-state index contributed by atoms with van der Waals surface area (Å²) >= 11 is 5.54. The van der Waals surface area contributed by atoms with Gasteiger partial charge in [0.1, 0.15) is 5.76 Å². The van der Waals surface area contributed by atoms with Crippen molar-refractivity contribution in [3.05, 3.63) is 40.8 Å². The van der Waals surface area contributed by atoms with E-state index in [4.69, 9.17) is 16.0 Å². The van der Waals surface area contributed by atoms with Gasteiger partial charge in [-0.25, -0.2) is 0 Å². The number of rotatable bonds is 3. The molecule has 0 aliphatic heterocycles. The molecule has 0 atom stereocenters. The number of furan rings is 1. The van der Waals surface area contributed by atoms with Crippen LogP contribution in [0.15, 0.2) is 34.3 Å². The standard InChI is InChI=1S/C10H9ClO3/c1-7(6-10(12)13)2-3-8-4-5-9(11)14-8/h2-6H,1H3,(H,12,13)/p-1/b3-2?,7-6-. The molecule has 0 amide bonds. The lowest BCUT2D eigenvalue weighted by molar-refractivity contribution is -0.297. The Morgan fingerprint density at radius 1 is 1.57 bits per heavy atom. The van der Waals surface area contributed by atoms with Gasteiger partial charge in [-0.05, 0) is 48.4 Å². The van der Waals surface area contributed by atoms with Crippen LogP contribution in [0.2, 0.25) is 5.22 Å². The van der Waals surface area contributed by atoms with E-state index in [1.54, 1.807) is 31.2 Å². The van der Waals surface area contributed by atoms with Crippen LogP contribution < -0.4 is 5.11 Å². The third kappa shape index (κ3) is 3.49. The molecule has 1 aromatic heterocycles. The Morgan fingerprint density at radius 3 is 2.79 bits per heavy atom. The Labute approximate surface area is 86.3 Å². The van der Waals surface area contributed by atoms with Crippen LogP contribution in [0.1, 0.15) is 12.7 Å². The summed E-state index contributed by atoms with van der Waals surface area (Å²) in [6, 6.07) is 3.30. The summed E-state index contributed by atoms with van der Waals surface area (Å²) in [5, 5.41) is 10.5. The highest BCUT2D eigenvalue weighted by atomic mass is 35.5. The molecule has 0 aromatic carbocycles. The largest absolute Gasteiger partial charge is 0.545 e. The zero-order chi connectivity index (χ0) is 10.6. The fourth-order valence-electron chi connectivity index (χ4n) is 0.865. The monoisotopic (exact) mass is 211 g/mol. The number of carbonyl (C=O) groups excluding carboxylic acids is 1. The molecule has 0 saturated heterocycles. The fourth-order valence-corrected chi connectivity index (χ4v) is 1.02. The van der Waals surface area contributed by atoms with Crippen LogP contribution >= 0.6 is 11.6 Å². The molecule has 0 saturated carbocycles. The molecule has 0 aliphatic rings. The minimum Gasteiger partial charge on any atom is -0.545 e. The summed E-state index contributed by atoms with van der Waals surface area (Å²) in [5.74, 6) is -0.647. The molecule has 14 heavy (non-hydrogen) atoms. The molecule has 1 aromatic rings. The summed E-state index contributed by atoms with van der Waals surface area (Å²) < 4.78 is 5.03. The first kappa shape index (κ1) is 10.6. The van der Waals surface area contributed by atoms with Crippen molar-refractivity contribution in [2.75, 3.05) is 0 Å². The molecule has 1 heterocycles. The first-order valence-electron chi connectivity index (χ1n) is 3.90. The summed E-state index contributed by atoms with van der Waals surface area (Å²) in [4.78, 5) is 10.2. The summed E-state index contributed by atoms with van der Waals surface area (Å²) in [6.07, 6.45) is 4.23. The molecule has 74 valence electrons. The van der Waals surface area contributed by atoms with Crippen LogP contribution in [0.4, 0.5) is 0 Å². The third-order valence-corrected chi connectivity index (χ3v) is 1.65. The Balaban J connectivity index is 2.69. The average Bonchev–Trinajstić information content (AvgIpc) is 2.47. The maximum Gasteiger partial charge on any atom is 0.193 e. The van der Waals surface area contributed by atoms with E-state index in [1.807, 2.05) is 0 Å². The molecule has 0 bridgehead atoms. The molecule has 0 fully saturated rings. The predicted octanol–water partition coefficient (Wildman–Crippen LogP) is 1.64. The lowest BCUT2D eigenvalue weighted by atomic mass is 10.2. The van der Waals surface area contributed by atoms with E-state index in [9.17, 15) is 9.90 Å². The van der Waals surface area contributed by atoms with Crippen molar-refractivity contribution in [1.82, 2.24) is 0 Å². The number of hydrogen-bond acceptors (Lipinski definition) is 3. The number of allylic oxidation sites excluding steroid dienone is 2. The predicted molar refractivity (Wildman–Crippen MR) is 51.5 cm³/mol. The van der Waals surface area contributed by atoms with Gasteiger partial charge in [0.15, 0.2) is 5.22 Å². The highest BCUT2D eigenvalue weighted by Gasteiger charge is 1.93. The molecule has 4 heteroatoms. The van der Waals surface area contributed by atoms with Gasteiger partial charge in [-0.3, -0.25) is 0 Å². The van der Waals surface area contributed by atoms with Crippen LogP contribution in [0.25, 0.3) is 6.08 Å². The Kier molecular flexibility index (Phi) is 3.54. The Morgan fingerprint density at radius 2 is 2.29 bits per heavy atom. The number of carboxylic acids is 1. The Hall–Kier alpha value is -1.48. The molecule has 0 aliphatic carbocycles. The van der Waals surface area contributed by atoms with Gasteiger partial charge in [0.2, 0.25) is 0 Å². The van der Waals surface area contributed by atoms with Gasteiger partial charge in [0, 0.05) is 0 Å². The van der Waals surface area contributed by atoms with Crippen LogP contribution in [0.5, 0.6) is 0 Å². The van der Waals surface area contributed by atoms with Crippen LogP contribution in [0.3, 0.4) is 0 Å². The molecule has 3 nitrogen and oxygen atoms in total. The van der Waals surface area contributed by atoms with E-state index < -0.39 is 5.97 Å². The zero-order valence-electron chi connectivity index (χ0n) is 7.49. The van der Waals surface area contributed by atoms with E-state index in [0.29, 0.717) is 16.6 Å². The van der Waals surface area contributed by atoms with E-state index >= 15 is 0 Å². The van der Waals surface area contributed by atoms with Crippen LogP contribution in [-0.2, 0) is 4.79 Å². The van der Waals surface area contributed by atoms with Crippen molar-refractivity contribution >= 4 is 23.6 Å². The smallest absolute Gasteiger partial charge is 0.193 e. The van der Waals surface area contributed by atoms with E-state index in [0.717, 1.165) is 6.08 Å². The van der Waals surface area contributed by atoms with Crippen molar-refractivity contribution in [1.29, 1.82) is 0 Å². The van der Waals surface area contributed by atoms with Gasteiger partial charge >= 0.3 is 0 Å². The minimum atomic E-state index is -1.22. The van der Waals surface area contributed by atoms with Gasteiger partial charge in [-0.1, -0.05) is 6.08 Å². The second-order valence-corrected chi connectivity index (χ2v) is 3.06. The van der Waals surface area contributed by atoms with Gasteiger partial charge in [0.25, 0.3) is 0 Å². The maximum atomic E-state index is 10.2. The highest BCUT2D eigenvalue weighted by molar-refractivity contribution is 6.28. The SMILES string of the molecule is C/C(C=Cc1ccc(Cl)o1)=C/C(=O)[O-]. The normalized spacial score (nSPS) is 12.3. The quantitative estimate of drug-likeness (QED) is 0.564. The lowest BCUT2D eigenvalue weighted by Crippen LogP contribution is -2.19. The third-order valence-electron chi connectivity index (χ3n) is 1.45. The molecule has 1 rings (SSSR count). The molecular formula is C10H8ClO3-. The summed E-state index contributed by atoms with van der Waals surface area (Å²) in [7, 11) is 0. The zero-order valence-corrected chi connectivity index (χ0v) is 8.25. The molecular weight excluding hydrogens is 204 g/mol. The van der Waals surface area contributed by atoms with Gasteiger partial charge in [0.05, 0.1) is 5.97 Å². The van der Waals surface area contributed by atoms with Crippen LogP contribution in [-0.4, -0.2) is 5.97 Å². The lowest BCUT2D eigenvalue weighted by Gasteiger charge is -1.93. The number of carbonyl (C=O) groups is 1. The van der Waals surface area contributed by atoms with Gasteiger partial charge < -0.3 is 14.3 Å². The van der Waals surface area contributed by atoms with Gasteiger partial charge in [-0.15, -0.1) is 0 Å². The number of aliphatic carboxylic acids is 1. The molecule has 0 unspecified atom stereocenters. The minimum absolute atomic E-state index is 0.297. The number of carboxylic acid groups (broad SMARTS) is 1. The van der Waals surface area contributed by atoms with Gasteiger partial charge in [-0.2, -0.15) is 0 Å². The first-order chi connectivity index (χ1) is 6.58. The second kappa shape index (κ2) is 4.67. The van der Waals surface area contributed by atoms with Crippen LogP contribution in [0, 0.1) is 0 Å². The van der Waals surface area contributed by atoms with Crippen molar-refractivity contribution in [2.24, 2.45) is 0 Å². The summed E-state index contributed by atoms with van der Waals surface area (Å²) in [6.45, 7) is 1.65. The first-order valence-corrected chi connectivity index (χ1v) is 4.28. The van der Waals surface area contributed by atoms with E-state index in [2.05, 4.69) is 0 Å². The van der Waals surface area contributed by atoms with Crippen molar-refractivity contribution in [2.45, 2.75) is 6.92 Å². The fraction of sp³-hybridized carbons (Fsp3) is 0.100. The number of hydrogen-bond donors (Lipinski definition) is 0. The molecule has 0 N–H and O–H groups in total. The highest BCUT2D eigenvalue weighted by Crippen LogP contribution is 2.14. The molecule has 0 spiro atoms. The second-order valence-electron chi connectivity index (χ2n) is 2.68. The average molecular weight is 212 g/mol. The summed E-state index contributed by atoms with van der Waals surface area (Å²) in [5.41, 5.74) is 0.567.